The highest BCUT2D eigenvalue weighted by Crippen LogP contribution is 2.34. The molecule has 0 spiro atoms. The van der Waals surface area contributed by atoms with Gasteiger partial charge in [0, 0.05) is 63.3 Å². The number of likely N-dealkylation sites (N-methyl/N-ethyl adjacent to an activating group) is 1. The van der Waals surface area contributed by atoms with Gasteiger partial charge in [0.2, 0.25) is 6.79 Å². The van der Waals surface area contributed by atoms with E-state index in [1.165, 1.54) is 28.8 Å². The average Bonchev–Trinajstić information content (AvgIpc) is 3.75. The van der Waals surface area contributed by atoms with E-state index < -0.39 is 34.1 Å². The Bertz CT molecular complexity index is 1770. The number of nitrogens with one attached hydrogen (secondary N) is 2. The van der Waals surface area contributed by atoms with Gasteiger partial charge in [0.25, 0.3) is 15.9 Å². The summed E-state index contributed by atoms with van der Waals surface area (Å²) in [4.78, 5) is 32.9. The van der Waals surface area contributed by atoms with E-state index in [1.807, 2.05) is 13.8 Å². The molecule has 3 N–H and O–H groups in total. The van der Waals surface area contributed by atoms with Crippen molar-refractivity contribution in [1.82, 2.24) is 18.8 Å². The molecule has 50 heavy (non-hydrogen) atoms. The highest BCUT2D eigenvalue weighted by molar-refractivity contribution is 7.89. The number of rotatable bonds is 8. The van der Waals surface area contributed by atoms with Crippen LogP contribution in [0.3, 0.4) is 0 Å². The molecule has 3 aromatic rings. The number of imidazole rings is 1. The summed E-state index contributed by atoms with van der Waals surface area (Å²) in [5.74, 6) is 0.677. The third-order valence-corrected chi connectivity index (χ3v) is 10.4. The van der Waals surface area contributed by atoms with Crippen LogP contribution in [0.5, 0.6) is 17.2 Å². The van der Waals surface area contributed by atoms with Crippen LogP contribution >= 0.6 is 0 Å². The fourth-order valence-electron chi connectivity index (χ4n) is 5.76. The van der Waals surface area contributed by atoms with Crippen LogP contribution in [0.2, 0.25) is 0 Å². The standard InChI is InChI=1S/C34H46N6O9S/c1-22-16-40(23(2)19-41)33(42)27-14-25(36-34(43)37-26-10-12-29-30(15-26)48-21-47-29)9-11-28(27)49-24(3)8-6-7-13-46-31(22)17-39(5)50(44,45)32-18-38(4)20-35-32/h9-12,14-15,18,20,22-24,31,41H,6-8,13,16-17,19,21H2,1-5H3,(H2,36,37,43)/t22-,23-,24-,31+/m1/s1. The number of sulfonamides is 1. The monoisotopic (exact) mass is 714 g/mol. The maximum Gasteiger partial charge on any atom is 0.323 e. The van der Waals surface area contributed by atoms with Crippen LogP contribution in [0.25, 0.3) is 0 Å². The van der Waals surface area contributed by atoms with Crippen molar-refractivity contribution < 1.29 is 42.1 Å². The number of carbonyl (C=O) groups excluding carboxylic acids is 2. The zero-order chi connectivity index (χ0) is 36.0. The Morgan fingerprint density at radius 2 is 1.78 bits per heavy atom. The van der Waals surface area contributed by atoms with Crippen LogP contribution in [0.15, 0.2) is 53.9 Å². The number of aromatic nitrogens is 2. The van der Waals surface area contributed by atoms with E-state index in [0.29, 0.717) is 41.7 Å². The highest BCUT2D eigenvalue weighted by atomic mass is 32.2. The highest BCUT2D eigenvalue weighted by Gasteiger charge is 2.33. The van der Waals surface area contributed by atoms with E-state index >= 15 is 0 Å². The minimum absolute atomic E-state index is 0.0261. The Balaban J connectivity index is 1.39. The molecular weight excluding hydrogens is 668 g/mol. The van der Waals surface area contributed by atoms with Gasteiger partial charge < -0.3 is 44.2 Å². The van der Waals surface area contributed by atoms with Crippen LogP contribution in [0.1, 0.15) is 50.4 Å². The quantitative estimate of drug-likeness (QED) is 0.311. The SMILES string of the molecule is C[C@@H]1CCCCO[C@@H](CN(C)S(=O)(=O)c2cn(C)cn2)[C@H](C)CN([C@H](C)CO)C(=O)c2cc(NC(=O)Nc3ccc4c(c3)OCO4)ccc2O1. The summed E-state index contributed by atoms with van der Waals surface area (Å²) in [7, 11) is -0.720. The summed E-state index contributed by atoms with van der Waals surface area (Å²) in [6.07, 6.45) is 4.22. The number of amides is 3. The van der Waals surface area contributed by atoms with Gasteiger partial charge in [-0.15, -0.1) is 0 Å². The molecule has 15 nitrogen and oxygen atoms in total. The van der Waals surface area contributed by atoms with Gasteiger partial charge in [-0.2, -0.15) is 4.31 Å². The number of aryl methyl sites for hydroxylation is 1. The summed E-state index contributed by atoms with van der Waals surface area (Å²) in [6.45, 7) is 5.88. The topological polar surface area (TPSA) is 174 Å². The van der Waals surface area contributed by atoms with Gasteiger partial charge in [-0.25, -0.2) is 18.2 Å². The second-order valence-electron chi connectivity index (χ2n) is 12.8. The van der Waals surface area contributed by atoms with Gasteiger partial charge in [-0.1, -0.05) is 6.92 Å². The van der Waals surface area contributed by atoms with Gasteiger partial charge >= 0.3 is 6.03 Å². The zero-order valence-electron chi connectivity index (χ0n) is 29.0. The first kappa shape index (κ1) is 36.9. The van der Waals surface area contributed by atoms with Crippen molar-refractivity contribution in [3.63, 3.8) is 0 Å². The molecule has 0 saturated heterocycles. The number of aliphatic hydroxyl groups excluding tert-OH is 1. The van der Waals surface area contributed by atoms with Crippen LogP contribution < -0.4 is 24.8 Å². The van der Waals surface area contributed by atoms with E-state index in [-0.39, 0.29) is 49.1 Å². The zero-order valence-corrected chi connectivity index (χ0v) is 29.8. The van der Waals surface area contributed by atoms with Crippen molar-refractivity contribution in [1.29, 1.82) is 0 Å². The Morgan fingerprint density at radius 3 is 2.48 bits per heavy atom. The third-order valence-electron chi connectivity index (χ3n) is 8.73. The molecule has 272 valence electrons. The van der Waals surface area contributed by atoms with Gasteiger partial charge in [-0.05, 0) is 63.4 Å². The molecule has 0 aliphatic carbocycles. The lowest BCUT2D eigenvalue weighted by Crippen LogP contribution is -2.48. The second kappa shape index (κ2) is 16.1. The molecule has 0 bridgehead atoms. The number of anilines is 2. The smallest absolute Gasteiger partial charge is 0.323 e. The maximum atomic E-state index is 14.4. The number of fused-ring (bicyclic) bond motifs is 2. The number of hydrogen-bond acceptors (Lipinski definition) is 10. The normalized spacial score (nSPS) is 20.8. The van der Waals surface area contributed by atoms with E-state index in [1.54, 1.807) is 54.9 Å². The second-order valence-corrected chi connectivity index (χ2v) is 14.8. The van der Waals surface area contributed by atoms with Gasteiger partial charge in [0.1, 0.15) is 5.75 Å². The van der Waals surface area contributed by atoms with E-state index in [9.17, 15) is 23.1 Å². The number of ether oxygens (including phenoxy) is 4. The molecule has 0 unspecified atom stereocenters. The van der Waals surface area contributed by atoms with Crippen molar-refractivity contribution >= 4 is 33.3 Å². The molecule has 0 fully saturated rings. The Kier molecular flexibility index (Phi) is 11.9. The molecule has 5 rings (SSSR count). The maximum absolute atomic E-state index is 14.4. The summed E-state index contributed by atoms with van der Waals surface area (Å²) >= 11 is 0. The van der Waals surface area contributed by atoms with Crippen LogP contribution in [0.4, 0.5) is 16.2 Å². The van der Waals surface area contributed by atoms with Crippen LogP contribution in [-0.2, 0) is 21.8 Å². The molecule has 1 aromatic heterocycles. The molecule has 4 atom stereocenters. The van der Waals surface area contributed by atoms with Crippen molar-refractivity contribution in [3.8, 4) is 17.2 Å². The fourth-order valence-corrected chi connectivity index (χ4v) is 6.91. The molecule has 2 aliphatic rings. The van der Waals surface area contributed by atoms with Gasteiger partial charge in [0.15, 0.2) is 16.5 Å². The Labute approximate surface area is 292 Å². The lowest BCUT2D eigenvalue weighted by atomic mass is 10.0. The molecule has 0 radical (unpaired) electrons. The number of aliphatic hydroxyl groups is 1. The molecule has 0 saturated carbocycles. The predicted molar refractivity (Wildman–Crippen MR) is 185 cm³/mol. The van der Waals surface area contributed by atoms with Crippen molar-refractivity contribution in [3.05, 3.63) is 54.5 Å². The van der Waals surface area contributed by atoms with E-state index in [4.69, 9.17) is 18.9 Å². The first-order valence-electron chi connectivity index (χ1n) is 16.6. The number of urea groups is 1. The minimum atomic E-state index is -3.90. The van der Waals surface area contributed by atoms with Crippen LogP contribution in [0, 0.1) is 5.92 Å². The molecular formula is C34H46N6O9S. The number of nitrogens with zero attached hydrogens (tertiary/aromatic N) is 4. The largest absolute Gasteiger partial charge is 0.490 e. The molecule has 16 heteroatoms. The Hall–Kier alpha value is -4.38. The molecule has 2 aliphatic heterocycles. The minimum Gasteiger partial charge on any atom is -0.490 e. The molecule has 2 aromatic carbocycles. The first-order chi connectivity index (χ1) is 23.8. The number of carbonyl (C=O) groups is 2. The number of hydrogen-bond donors (Lipinski definition) is 3. The van der Waals surface area contributed by atoms with Crippen LogP contribution in [-0.4, -0.2) is 103 Å². The van der Waals surface area contributed by atoms with Crippen molar-refractivity contribution in [2.75, 3.05) is 50.8 Å². The summed E-state index contributed by atoms with van der Waals surface area (Å²) in [5, 5.41) is 15.7. The lowest BCUT2D eigenvalue weighted by Gasteiger charge is -2.35. The van der Waals surface area contributed by atoms with Gasteiger partial charge in [0.05, 0.1) is 36.7 Å². The van der Waals surface area contributed by atoms with Gasteiger partial charge in [-0.3, -0.25) is 4.79 Å². The number of benzene rings is 2. The first-order valence-corrected chi connectivity index (χ1v) is 18.1. The lowest BCUT2D eigenvalue weighted by molar-refractivity contribution is -0.00835. The molecule has 3 amide bonds. The van der Waals surface area contributed by atoms with Crippen molar-refractivity contribution in [2.24, 2.45) is 13.0 Å². The summed E-state index contributed by atoms with van der Waals surface area (Å²) < 4.78 is 52.7. The molecule has 3 heterocycles. The fraction of sp³-hybridized carbons (Fsp3) is 0.500. The summed E-state index contributed by atoms with van der Waals surface area (Å²) in [5.41, 5.74) is 1.04. The average molecular weight is 715 g/mol. The third kappa shape index (κ3) is 8.85. The predicted octanol–water partition coefficient (Wildman–Crippen LogP) is 3.91. The Morgan fingerprint density at radius 1 is 1.08 bits per heavy atom. The summed E-state index contributed by atoms with van der Waals surface area (Å²) in [6, 6.07) is 8.76. The van der Waals surface area contributed by atoms with E-state index in [2.05, 4.69) is 15.6 Å². The van der Waals surface area contributed by atoms with Crippen molar-refractivity contribution in [2.45, 2.75) is 63.3 Å². The van der Waals surface area contributed by atoms with E-state index in [0.717, 1.165) is 12.8 Å².